The monoisotopic (exact) mass is 261 g/mol. The van der Waals surface area contributed by atoms with Crippen LogP contribution < -0.4 is 5.32 Å². The third-order valence-corrected chi connectivity index (χ3v) is 3.82. The number of rotatable bonds is 1. The molecule has 0 spiro atoms. The molecule has 2 saturated heterocycles. The first-order chi connectivity index (χ1) is 9.28. The van der Waals surface area contributed by atoms with Gasteiger partial charge < -0.3 is 10.1 Å². The zero-order valence-corrected chi connectivity index (χ0v) is 10.6. The molecule has 4 nitrogen and oxygen atoms in total. The molecule has 2 atom stereocenters. The van der Waals surface area contributed by atoms with Gasteiger partial charge >= 0.3 is 0 Å². The first-order valence-corrected chi connectivity index (χ1v) is 6.51. The maximum Gasteiger partial charge on any atom is 0.222 e. The highest BCUT2D eigenvalue weighted by Crippen LogP contribution is 2.29. The molecule has 3 rings (SSSR count). The largest absolute Gasteiger partial charge is 0.371 e. The SMILES string of the molecule is [C-]#[N+]c1cc([C@@H]2CN3CCNC[C@@H]3CO2)ccc1F. The lowest BCUT2D eigenvalue weighted by Gasteiger charge is -2.42. The maximum atomic E-state index is 13.3. The van der Waals surface area contributed by atoms with E-state index in [-0.39, 0.29) is 11.8 Å². The van der Waals surface area contributed by atoms with Gasteiger partial charge in [0, 0.05) is 32.2 Å². The van der Waals surface area contributed by atoms with Crippen LogP contribution in [0.3, 0.4) is 0 Å². The highest BCUT2D eigenvalue weighted by atomic mass is 19.1. The van der Waals surface area contributed by atoms with E-state index in [2.05, 4.69) is 15.1 Å². The van der Waals surface area contributed by atoms with Crippen molar-refractivity contribution in [3.8, 4) is 0 Å². The average molecular weight is 261 g/mol. The van der Waals surface area contributed by atoms with Crippen LogP contribution >= 0.6 is 0 Å². The second-order valence-corrected chi connectivity index (χ2v) is 5.00. The quantitative estimate of drug-likeness (QED) is 0.780. The van der Waals surface area contributed by atoms with Crippen LogP contribution in [0.1, 0.15) is 11.7 Å². The summed E-state index contributed by atoms with van der Waals surface area (Å²) in [5.41, 5.74) is 0.966. The number of hydrogen-bond acceptors (Lipinski definition) is 3. The van der Waals surface area contributed by atoms with E-state index in [1.165, 1.54) is 6.07 Å². The molecule has 2 heterocycles. The number of piperazine rings is 1. The molecule has 0 saturated carbocycles. The Balaban J connectivity index is 1.78. The second-order valence-electron chi connectivity index (χ2n) is 5.00. The van der Waals surface area contributed by atoms with Crippen molar-refractivity contribution in [1.82, 2.24) is 10.2 Å². The molecular weight excluding hydrogens is 245 g/mol. The Bertz CT molecular complexity index is 514. The molecule has 1 aromatic rings. The molecule has 1 N–H and O–H groups in total. The number of hydrogen-bond donors (Lipinski definition) is 1. The highest BCUT2D eigenvalue weighted by Gasteiger charge is 2.31. The molecular formula is C14H16FN3O. The van der Waals surface area contributed by atoms with Gasteiger partial charge in [0.05, 0.1) is 19.3 Å². The minimum Gasteiger partial charge on any atom is -0.371 e. The number of halogens is 1. The molecule has 0 amide bonds. The molecule has 19 heavy (non-hydrogen) atoms. The van der Waals surface area contributed by atoms with Crippen LogP contribution in [-0.2, 0) is 4.74 Å². The van der Waals surface area contributed by atoms with Crippen molar-refractivity contribution in [2.24, 2.45) is 0 Å². The van der Waals surface area contributed by atoms with E-state index in [0.717, 1.165) is 31.7 Å². The number of fused-ring (bicyclic) bond motifs is 1. The molecule has 0 unspecified atom stereocenters. The number of benzene rings is 1. The molecule has 0 aromatic heterocycles. The van der Waals surface area contributed by atoms with Crippen molar-refractivity contribution in [3.05, 3.63) is 41.0 Å². The van der Waals surface area contributed by atoms with Gasteiger partial charge in [-0.3, -0.25) is 4.90 Å². The van der Waals surface area contributed by atoms with E-state index in [9.17, 15) is 4.39 Å². The normalized spacial score (nSPS) is 27.6. The van der Waals surface area contributed by atoms with Gasteiger partial charge in [-0.25, -0.2) is 9.24 Å². The van der Waals surface area contributed by atoms with Crippen molar-refractivity contribution in [1.29, 1.82) is 0 Å². The summed E-state index contributed by atoms with van der Waals surface area (Å²) < 4.78 is 19.2. The van der Waals surface area contributed by atoms with Gasteiger partial charge in [0.25, 0.3) is 0 Å². The first kappa shape index (κ1) is 12.5. The summed E-state index contributed by atoms with van der Waals surface area (Å²) in [5, 5.41) is 3.35. The smallest absolute Gasteiger partial charge is 0.222 e. The van der Waals surface area contributed by atoms with Crippen LogP contribution in [0.2, 0.25) is 0 Å². The number of ether oxygens (including phenoxy) is 1. The van der Waals surface area contributed by atoms with Crippen LogP contribution in [0.5, 0.6) is 0 Å². The number of nitrogens with one attached hydrogen (secondary N) is 1. The number of morpholine rings is 1. The van der Waals surface area contributed by atoms with E-state index in [1.54, 1.807) is 12.1 Å². The van der Waals surface area contributed by atoms with Crippen LogP contribution in [-0.4, -0.2) is 43.7 Å². The van der Waals surface area contributed by atoms with Crippen molar-refractivity contribution in [3.63, 3.8) is 0 Å². The van der Waals surface area contributed by atoms with Crippen LogP contribution in [0.4, 0.5) is 10.1 Å². The minimum atomic E-state index is -0.463. The Morgan fingerprint density at radius 1 is 1.47 bits per heavy atom. The summed E-state index contributed by atoms with van der Waals surface area (Å²) in [5.74, 6) is -0.463. The summed E-state index contributed by atoms with van der Waals surface area (Å²) in [6.45, 7) is 11.4. The Morgan fingerprint density at radius 2 is 2.37 bits per heavy atom. The van der Waals surface area contributed by atoms with E-state index >= 15 is 0 Å². The summed E-state index contributed by atoms with van der Waals surface area (Å²) >= 11 is 0. The molecule has 100 valence electrons. The lowest BCUT2D eigenvalue weighted by atomic mass is 10.0. The topological polar surface area (TPSA) is 28.9 Å². The standard InChI is InChI=1S/C14H16FN3O/c1-16-13-6-10(2-3-12(13)15)14-8-18-5-4-17-7-11(18)9-19-14/h2-3,6,11,14,17H,4-5,7-9H2/t11-,14+/m1/s1. The van der Waals surface area contributed by atoms with Gasteiger partial charge in [-0.05, 0) is 17.7 Å². The predicted molar refractivity (Wildman–Crippen MR) is 69.6 cm³/mol. The van der Waals surface area contributed by atoms with E-state index < -0.39 is 5.82 Å². The van der Waals surface area contributed by atoms with Crippen molar-refractivity contribution < 1.29 is 9.13 Å². The van der Waals surface area contributed by atoms with E-state index in [0.29, 0.717) is 12.6 Å². The lowest BCUT2D eigenvalue weighted by molar-refractivity contribution is -0.0717. The molecule has 0 radical (unpaired) electrons. The van der Waals surface area contributed by atoms with E-state index in [4.69, 9.17) is 11.3 Å². The van der Waals surface area contributed by atoms with Gasteiger partial charge in [0.1, 0.15) is 5.82 Å². The fourth-order valence-electron chi connectivity index (χ4n) is 2.72. The zero-order chi connectivity index (χ0) is 13.2. The fourth-order valence-corrected chi connectivity index (χ4v) is 2.72. The van der Waals surface area contributed by atoms with Crippen molar-refractivity contribution in [2.75, 3.05) is 32.8 Å². The average Bonchev–Trinajstić information content (AvgIpc) is 2.47. The first-order valence-electron chi connectivity index (χ1n) is 6.51. The Hall–Kier alpha value is -1.48. The maximum absolute atomic E-state index is 13.3. The summed E-state index contributed by atoms with van der Waals surface area (Å²) in [4.78, 5) is 5.61. The third-order valence-electron chi connectivity index (χ3n) is 3.82. The summed E-state index contributed by atoms with van der Waals surface area (Å²) in [6.07, 6.45) is -0.0598. The minimum absolute atomic E-state index is 0.0598. The fraction of sp³-hybridized carbons (Fsp3) is 0.500. The molecule has 1 aromatic carbocycles. The van der Waals surface area contributed by atoms with Crippen molar-refractivity contribution in [2.45, 2.75) is 12.1 Å². The Kier molecular flexibility index (Phi) is 3.47. The molecule has 2 aliphatic rings. The highest BCUT2D eigenvalue weighted by molar-refractivity contribution is 5.48. The zero-order valence-electron chi connectivity index (χ0n) is 10.6. The van der Waals surface area contributed by atoms with Crippen molar-refractivity contribution >= 4 is 5.69 Å². The van der Waals surface area contributed by atoms with Gasteiger partial charge in [-0.2, -0.15) is 0 Å². The predicted octanol–water partition coefficient (Wildman–Crippen LogP) is 1.72. The van der Waals surface area contributed by atoms with Crippen LogP contribution in [0, 0.1) is 12.4 Å². The van der Waals surface area contributed by atoms with Crippen LogP contribution in [0.15, 0.2) is 18.2 Å². The third kappa shape index (κ3) is 2.47. The van der Waals surface area contributed by atoms with Crippen LogP contribution in [0.25, 0.3) is 4.85 Å². The second kappa shape index (κ2) is 5.25. The molecule has 2 aliphatic heterocycles. The van der Waals surface area contributed by atoms with E-state index in [1.807, 2.05) is 0 Å². The van der Waals surface area contributed by atoms with Gasteiger partial charge in [-0.1, -0.05) is 6.07 Å². The number of nitrogens with zero attached hydrogens (tertiary/aromatic N) is 2. The Morgan fingerprint density at radius 3 is 3.21 bits per heavy atom. The molecule has 5 heteroatoms. The van der Waals surface area contributed by atoms with Gasteiger partial charge in [0.15, 0.2) is 0 Å². The molecule has 0 aliphatic carbocycles. The Labute approximate surface area is 112 Å². The summed E-state index contributed by atoms with van der Waals surface area (Å²) in [6, 6.07) is 5.12. The summed E-state index contributed by atoms with van der Waals surface area (Å²) in [7, 11) is 0. The van der Waals surface area contributed by atoms with Gasteiger partial charge in [0.2, 0.25) is 5.69 Å². The van der Waals surface area contributed by atoms with Gasteiger partial charge in [-0.15, -0.1) is 0 Å². The molecule has 0 bridgehead atoms. The molecule has 2 fully saturated rings. The lowest BCUT2D eigenvalue weighted by Crippen LogP contribution is -2.57.